The maximum Gasteiger partial charge on any atom is 0.430 e. The van der Waals surface area contributed by atoms with Crippen molar-refractivity contribution in [3.63, 3.8) is 0 Å². The lowest BCUT2D eigenvalue weighted by Crippen LogP contribution is -2.57. The molecule has 2 aliphatic rings. The van der Waals surface area contributed by atoms with Crippen LogP contribution in [0.15, 0.2) is 42.5 Å². The Morgan fingerprint density at radius 3 is 2.33 bits per heavy atom. The number of halogens is 4. The minimum Gasteiger partial charge on any atom is -0.490 e. The van der Waals surface area contributed by atoms with Crippen molar-refractivity contribution in [2.24, 2.45) is 11.8 Å². The Labute approximate surface area is 238 Å². The van der Waals surface area contributed by atoms with Gasteiger partial charge in [0.15, 0.2) is 0 Å². The largest absolute Gasteiger partial charge is 0.490 e. The number of piperidine rings is 1. The van der Waals surface area contributed by atoms with E-state index in [-0.39, 0.29) is 25.1 Å². The van der Waals surface area contributed by atoms with E-state index in [1.165, 1.54) is 17.0 Å². The summed E-state index contributed by atoms with van der Waals surface area (Å²) < 4.78 is 48.3. The molecule has 2 fully saturated rings. The number of carbonyl (C=O) groups excluding carboxylic acids is 2. The fourth-order valence-corrected chi connectivity index (χ4v) is 5.89. The highest BCUT2D eigenvalue weighted by molar-refractivity contribution is 6.34. The van der Waals surface area contributed by atoms with Gasteiger partial charge in [0.2, 0.25) is 0 Å². The Hall–Kier alpha value is -2.78. The van der Waals surface area contributed by atoms with Crippen LogP contribution in [0.4, 0.5) is 13.2 Å². The van der Waals surface area contributed by atoms with Crippen LogP contribution in [0.3, 0.4) is 0 Å². The van der Waals surface area contributed by atoms with E-state index in [2.05, 4.69) is 0 Å². The van der Waals surface area contributed by atoms with Gasteiger partial charge >= 0.3 is 6.18 Å². The Morgan fingerprint density at radius 2 is 1.75 bits per heavy atom. The summed E-state index contributed by atoms with van der Waals surface area (Å²) in [7, 11) is 3.32. The molecular formula is C30H36ClF3N2O4. The number of nitrogens with zero attached hydrogens (tertiary/aromatic N) is 2. The molecule has 1 saturated carbocycles. The summed E-state index contributed by atoms with van der Waals surface area (Å²) in [6.07, 6.45) is -0.790. The van der Waals surface area contributed by atoms with E-state index in [4.69, 9.17) is 16.3 Å². The molecule has 1 N–H and O–H groups in total. The number of likely N-dealkylation sites (tertiary alicyclic amines) is 1. The third-order valence-corrected chi connectivity index (χ3v) is 8.43. The average molecular weight is 581 g/mol. The SMILES string of the molecule is CCc1cccc(C(O)(C(=O)N2CCC(CC3CC(Oc4ccc(C(=O)N(C)C)c(Cl)c4)C3)CC2)C(F)(F)F)c1. The van der Waals surface area contributed by atoms with Crippen LogP contribution in [0.1, 0.15) is 60.5 Å². The molecule has 2 aromatic rings. The van der Waals surface area contributed by atoms with Crippen molar-refractivity contribution < 1.29 is 32.6 Å². The summed E-state index contributed by atoms with van der Waals surface area (Å²) in [4.78, 5) is 27.9. The molecule has 0 aromatic heterocycles. The minimum atomic E-state index is -5.14. The van der Waals surface area contributed by atoms with Crippen molar-refractivity contribution in [2.45, 2.75) is 63.3 Å². The molecule has 4 rings (SSSR count). The van der Waals surface area contributed by atoms with Crippen LogP contribution >= 0.6 is 11.6 Å². The molecule has 6 nitrogen and oxygen atoms in total. The van der Waals surface area contributed by atoms with E-state index < -0.39 is 23.2 Å². The van der Waals surface area contributed by atoms with Gasteiger partial charge in [-0.1, -0.05) is 42.8 Å². The first-order chi connectivity index (χ1) is 18.8. The van der Waals surface area contributed by atoms with E-state index in [1.807, 2.05) is 0 Å². The summed E-state index contributed by atoms with van der Waals surface area (Å²) in [5, 5.41) is 11.1. The normalized spacial score (nSPS) is 21.4. The third kappa shape index (κ3) is 6.25. The monoisotopic (exact) mass is 580 g/mol. The van der Waals surface area contributed by atoms with Gasteiger partial charge < -0.3 is 19.6 Å². The van der Waals surface area contributed by atoms with Crippen molar-refractivity contribution in [2.75, 3.05) is 27.2 Å². The highest BCUT2D eigenvalue weighted by atomic mass is 35.5. The third-order valence-electron chi connectivity index (χ3n) is 8.11. The summed E-state index contributed by atoms with van der Waals surface area (Å²) in [6, 6.07) is 10.6. The number of rotatable bonds is 8. The van der Waals surface area contributed by atoms with Crippen molar-refractivity contribution >= 4 is 23.4 Å². The summed E-state index contributed by atoms with van der Waals surface area (Å²) in [5.74, 6) is -0.144. The molecule has 40 heavy (non-hydrogen) atoms. The zero-order chi connectivity index (χ0) is 29.2. The van der Waals surface area contributed by atoms with Crippen molar-refractivity contribution in [1.29, 1.82) is 0 Å². The molecule has 0 spiro atoms. The number of carbonyl (C=O) groups is 2. The van der Waals surface area contributed by atoms with Crippen LogP contribution in [-0.4, -0.2) is 66.2 Å². The molecule has 0 bridgehead atoms. The van der Waals surface area contributed by atoms with Gasteiger partial charge in [0.25, 0.3) is 17.4 Å². The highest BCUT2D eigenvalue weighted by Crippen LogP contribution is 2.43. The van der Waals surface area contributed by atoms with Gasteiger partial charge in [-0.15, -0.1) is 0 Å². The van der Waals surface area contributed by atoms with E-state index in [1.54, 1.807) is 45.3 Å². The Balaban J connectivity index is 1.28. The summed E-state index contributed by atoms with van der Waals surface area (Å²) in [6.45, 7) is 2.16. The molecular weight excluding hydrogens is 545 g/mol. The summed E-state index contributed by atoms with van der Waals surface area (Å²) in [5.41, 5.74) is -2.97. The van der Waals surface area contributed by atoms with Crippen molar-refractivity contribution in [1.82, 2.24) is 9.80 Å². The van der Waals surface area contributed by atoms with Gasteiger partial charge in [-0.25, -0.2) is 0 Å². The lowest BCUT2D eigenvalue weighted by molar-refractivity contribution is -0.262. The van der Waals surface area contributed by atoms with Crippen LogP contribution in [-0.2, 0) is 16.8 Å². The molecule has 1 heterocycles. The summed E-state index contributed by atoms with van der Waals surface area (Å²) >= 11 is 6.27. The van der Waals surface area contributed by atoms with E-state index in [0.717, 1.165) is 30.2 Å². The predicted octanol–water partition coefficient (Wildman–Crippen LogP) is 5.84. The van der Waals surface area contributed by atoms with Gasteiger partial charge in [0, 0.05) is 32.7 Å². The molecule has 1 saturated heterocycles. The minimum absolute atomic E-state index is 0.0406. The zero-order valence-corrected chi connectivity index (χ0v) is 23.8. The first-order valence-electron chi connectivity index (χ1n) is 13.7. The van der Waals surface area contributed by atoms with Gasteiger partial charge in [-0.2, -0.15) is 13.2 Å². The first kappa shape index (κ1) is 30.2. The standard InChI is InChI=1S/C30H36ClF3N2O4/c1-4-19-6-5-7-22(15-19)29(39,30(32,33)34)28(38)36-12-10-20(11-13-36)14-21-16-24(17-21)40-23-8-9-25(26(31)18-23)27(37)35(2)3/h5-9,15,18,20-21,24,39H,4,10-14,16-17H2,1-3H3. The maximum absolute atomic E-state index is 14.1. The number of hydrogen-bond donors (Lipinski definition) is 1. The average Bonchev–Trinajstić information content (AvgIpc) is 2.90. The van der Waals surface area contributed by atoms with Crippen molar-refractivity contribution in [3.05, 3.63) is 64.2 Å². The van der Waals surface area contributed by atoms with E-state index >= 15 is 0 Å². The maximum atomic E-state index is 14.1. The molecule has 1 aliphatic heterocycles. The molecule has 2 amide bonds. The van der Waals surface area contributed by atoms with Crippen LogP contribution in [0.2, 0.25) is 5.02 Å². The highest BCUT2D eigenvalue weighted by Gasteiger charge is 2.62. The Bertz CT molecular complexity index is 1220. The fourth-order valence-electron chi connectivity index (χ4n) is 5.64. The number of alkyl halides is 3. The molecule has 1 atom stereocenters. The number of amides is 2. The van der Waals surface area contributed by atoms with Crippen LogP contribution in [0.5, 0.6) is 5.75 Å². The topological polar surface area (TPSA) is 70.1 Å². The second-order valence-corrected chi connectivity index (χ2v) is 11.6. The molecule has 1 aliphatic carbocycles. The quantitative estimate of drug-likeness (QED) is 0.426. The molecule has 2 aromatic carbocycles. The second-order valence-electron chi connectivity index (χ2n) is 11.2. The van der Waals surface area contributed by atoms with Gasteiger partial charge in [0.05, 0.1) is 16.7 Å². The van der Waals surface area contributed by atoms with Gasteiger partial charge in [-0.05, 0) is 74.1 Å². The number of aliphatic hydroxyl groups is 1. The second kappa shape index (κ2) is 12.0. The van der Waals surface area contributed by atoms with Crippen LogP contribution in [0, 0.1) is 11.8 Å². The number of hydrogen-bond acceptors (Lipinski definition) is 4. The molecule has 0 radical (unpaired) electrons. The lowest BCUT2D eigenvalue weighted by atomic mass is 9.74. The number of ether oxygens (including phenoxy) is 1. The van der Waals surface area contributed by atoms with E-state index in [9.17, 15) is 27.9 Å². The Kier molecular flexibility index (Phi) is 9.05. The van der Waals surface area contributed by atoms with Gasteiger partial charge in [0.1, 0.15) is 5.75 Å². The smallest absolute Gasteiger partial charge is 0.430 e. The van der Waals surface area contributed by atoms with E-state index in [0.29, 0.717) is 53.0 Å². The Morgan fingerprint density at radius 1 is 1.07 bits per heavy atom. The number of aryl methyl sites for hydroxylation is 1. The fraction of sp³-hybridized carbons (Fsp3) is 0.533. The zero-order valence-electron chi connectivity index (χ0n) is 23.0. The molecule has 1 unspecified atom stereocenters. The first-order valence-corrected chi connectivity index (χ1v) is 14.1. The molecule has 218 valence electrons. The lowest BCUT2D eigenvalue weighted by Gasteiger charge is -2.41. The van der Waals surface area contributed by atoms with Crippen LogP contribution in [0.25, 0.3) is 0 Å². The predicted molar refractivity (Wildman–Crippen MR) is 146 cm³/mol. The number of benzene rings is 2. The van der Waals surface area contributed by atoms with Crippen LogP contribution < -0.4 is 4.74 Å². The van der Waals surface area contributed by atoms with Crippen molar-refractivity contribution in [3.8, 4) is 5.75 Å². The molecule has 10 heteroatoms. The van der Waals surface area contributed by atoms with Gasteiger partial charge in [-0.3, -0.25) is 9.59 Å².